The van der Waals surface area contributed by atoms with E-state index >= 15 is 0 Å². The second-order valence-corrected chi connectivity index (χ2v) is 8.05. The maximum absolute atomic E-state index is 10.3. The van der Waals surface area contributed by atoms with Crippen molar-refractivity contribution in [2.24, 2.45) is 0 Å². The van der Waals surface area contributed by atoms with Gasteiger partial charge < -0.3 is 39.6 Å². The number of ether oxygens (including phenoxy) is 4. The van der Waals surface area contributed by atoms with E-state index in [-0.39, 0.29) is 12.1 Å². The summed E-state index contributed by atoms with van der Waals surface area (Å²) in [5.74, 6) is -1.13. The van der Waals surface area contributed by atoms with Crippen LogP contribution in [0.4, 0.5) is 0 Å². The number of carboxylic acid groups (broad SMARTS) is 2. The number of methoxy groups -OCH3 is 3. The Hall–Kier alpha value is -3.99. The van der Waals surface area contributed by atoms with Gasteiger partial charge in [0.15, 0.2) is 11.5 Å². The predicted molar refractivity (Wildman–Crippen MR) is 129 cm³/mol. The molecule has 2 heterocycles. The molecule has 1 aromatic heterocycles. The molecule has 194 valence electrons. The van der Waals surface area contributed by atoms with Crippen LogP contribution in [-0.4, -0.2) is 72.3 Å². The molecule has 1 fully saturated rings. The van der Waals surface area contributed by atoms with Crippen molar-refractivity contribution < 1.29 is 43.9 Å². The number of nitrogens with zero attached hydrogens (tertiary/aromatic N) is 1. The maximum Gasteiger partial charge on any atom is 0.414 e. The molecular weight excluding hydrogens is 472 g/mol. The van der Waals surface area contributed by atoms with Gasteiger partial charge in [0.2, 0.25) is 5.88 Å². The first kappa shape index (κ1) is 26.6. The van der Waals surface area contributed by atoms with Gasteiger partial charge in [0.1, 0.15) is 5.75 Å². The summed E-state index contributed by atoms with van der Waals surface area (Å²) in [6, 6.07) is 5.92. The Morgan fingerprint density at radius 2 is 1.64 bits per heavy atom. The number of aromatic nitrogens is 1. The van der Waals surface area contributed by atoms with Gasteiger partial charge in [-0.05, 0) is 49.1 Å². The fourth-order valence-electron chi connectivity index (χ4n) is 4.31. The summed E-state index contributed by atoms with van der Waals surface area (Å²) in [5.41, 5.74) is 2.95. The molecule has 2 aromatic rings. The molecule has 0 unspecified atom stereocenters. The van der Waals surface area contributed by atoms with Crippen molar-refractivity contribution in [2.75, 3.05) is 27.9 Å². The third kappa shape index (κ3) is 5.62. The molecule has 1 aliphatic heterocycles. The number of nitrogens with one attached hydrogen (secondary N) is 1. The van der Waals surface area contributed by atoms with Gasteiger partial charge in [0.25, 0.3) is 0 Å². The molecule has 1 aliphatic carbocycles. The van der Waals surface area contributed by atoms with Crippen LogP contribution in [0.1, 0.15) is 31.7 Å². The van der Waals surface area contributed by atoms with Gasteiger partial charge in [-0.1, -0.05) is 0 Å². The molecule has 4 N–H and O–H groups in total. The fraction of sp³-hybridized carbons (Fsp3) is 0.400. The van der Waals surface area contributed by atoms with E-state index in [1.54, 1.807) is 33.6 Å². The van der Waals surface area contributed by atoms with Crippen molar-refractivity contribution in [2.45, 2.75) is 38.3 Å². The van der Waals surface area contributed by atoms with Crippen molar-refractivity contribution in [3.05, 3.63) is 40.4 Å². The van der Waals surface area contributed by atoms with E-state index in [4.69, 9.17) is 38.7 Å². The van der Waals surface area contributed by atoms with Crippen LogP contribution in [0, 0.1) is 0 Å². The number of aliphatic hydroxyl groups is 1. The number of carboxylic acids is 2. The molecule has 4 rings (SSSR count). The Morgan fingerprint density at radius 1 is 0.972 bits per heavy atom. The minimum absolute atomic E-state index is 0.130. The Labute approximate surface area is 207 Å². The van der Waals surface area contributed by atoms with E-state index in [1.807, 2.05) is 19.1 Å². The fourth-order valence-corrected chi connectivity index (χ4v) is 4.31. The van der Waals surface area contributed by atoms with Gasteiger partial charge in [-0.25, -0.2) is 14.6 Å². The predicted octanol–water partition coefficient (Wildman–Crippen LogP) is 0.486. The summed E-state index contributed by atoms with van der Waals surface area (Å²) >= 11 is 0. The lowest BCUT2D eigenvalue weighted by Crippen LogP contribution is -2.49. The number of hydrogen-bond acceptors (Lipinski definition) is 9. The van der Waals surface area contributed by atoms with Crippen molar-refractivity contribution in [3.8, 4) is 23.1 Å². The first-order valence-electron chi connectivity index (χ1n) is 11.3. The number of pyridine rings is 1. The zero-order valence-electron chi connectivity index (χ0n) is 20.5. The second-order valence-electron chi connectivity index (χ2n) is 8.05. The molecule has 1 saturated carbocycles. The monoisotopic (exact) mass is 502 g/mol. The van der Waals surface area contributed by atoms with E-state index in [0.717, 1.165) is 34.5 Å². The summed E-state index contributed by atoms with van der Waals surface area (Å²) in [6.45, 7) is 2.49. The number of aliphatic hydroxyl groups excluding tert-OH is 1. The summed E-state index contributed by atoms with van der Waals surface area (Å²) in [7, 11) is 4.85. The lowest BCUT2D eigenvalue weighted by Gasteiger charge is -2.34. The maximum atomic E-state index is 10.3. The average molecular weight is 503 g/mol. The van der Waals surface area contributed by atoms with E-state index in [2.05, 4.69) is 10.3 Å². The highest BCUT2D eigenvalue weighted by Gasteiger charge is 2.30. The topological polar surface area (TPSA) is 157 Å². The highest BCUT2D eigenvalue weighted by Crippen LogP contribution is 2.33. The van der Waals surface area contributed by atoms with Crippen molar-refractivity contribution in [1.82, 2.24) is 10.3 Å². The number of rotatable bonds is 6. The average Bonchev–Trinajstić information content (AvgIpc) is 2.88. The zero-order chi connectivity index (χ0) is 26.4. The normalized spacial score (nSPS) is 17.9. The third-order valence-electron chi connectivity index (χ3n) is 5.92. The van der Waals surface area contributed by atoms with Crippen LogP contribution >= 0.6 is 0 Å². The lowest BCUT2D eigenvalue weighted by atomic mass is 9.83. The molecule has 0 amide bonds. The molecule has 36 heavy (non-hydrogen) atoms. The highest BCUT2D eigenvalue weighted by atomic mass is 16.5. The van der Waals surface area contributed by atoms with E-state index in [1.165, 1.54) is 5.57 Å². The smallest absolute Gasteiger partial charge is 0.414 e. The minimum Gasteiger partial charge on any atom is -0.496 e. The van der Waals surface area contributed by atoms with E-state index in [0.29, 0.717) is 36.2 Å². The standard InChI is InChI=1S/C23H28N2O5.C2H2O4/c1-5-30-21-9-14-15-8-13(26)6-7-18(15)25-23(16(14)10-20(21)28-3)17-12-24-22(29-4)11-19(17)27-2;3-1(4)2(5)6/h9-13,18,25-26H,5-8H2,1-4H3;(H,3,4)(H,5,6)/t13-,18-;/m1./s1. The van der Waals surface area contributed by atoms with Gasteiger partial charge in [-0.15, -0.1) is 0 Å². The number of fused-ring (bicyclic) bond motifs is 2. The number of carbonyl (C=O) groups is 2. The van der Waals surface area contributed by atoms with Crippen molar-refractivity contribution in [1.29, 1.82) is 0 Å². The largest absolute Gasteiger partial charge is 0.496 e. The zero-order valence-corrected chi connectivity index (χ0v) is 20.5. The van der Waals surface area contributed by atoms with Gasteiger partial charge in [-0.2, -0.15) is 0 Å². The Kier molecular flexibility index (Phi) is 8.59. The van der Waals surface area contributed by atoms with Crippen LogP contribution in [0.25, 0.3) is 11.3 Å². The highest BCUT2D eigenvalue weighted by molar-refractivity contribution is 6.27. The van der Waals surface area contributed by atoms with Crippen LogP contribution in [0.5, 0.6) is 23.1 Å². The quantitative estimate of drug-likeness (QED) is 0.408. The molecule has 0 radical (unpaired) electrons. The number of hydrogen-bond donors (Lipinski definition) is 4. The van der Waals surface area contributed by atoms with Crippen molar-refractivity contribution >= 4 is 23.2 Å². The molecule has 2 aliphatic rings. The first-order chi connectivity index (χ1) is 17.2. The van der Waals surface area contributed by atoms with Gasteiger partial charge in [0, 0.05) is 23.5 Å². The Morgan fingerprint density at radius 3 is 2.22 bits per heavy atom. The van der Waals surface area contributed by atoms with Crippen LogP contribution < -0.4 is 34.7 Å². The molecule has 11 nitrogen and oxygen atoms in total. The second kappa shape index (κ2) is 11.6. The van der Waals surface area contributed by atoms with E-state index < -0.39 is 11.9 Å². The first-order valence-corrected chi connectivity index (χ1v) is 11.3. The summed E-state index contributed by atoms with van der Waals surface area (Å²) in [6.07, 6.45) is 3.67. The third-order valence-corrected chi connectivity index (χ3v) is 5.92. The number of aliphatic carboxylic acids is 2. The van der Waals surface area contributed by atoms with Crippen LogP contribution in [-0.2, 0) is 9.59 Å². The molecule has 1 aromatic carbocycles. The Bertz CT molecular complexity index is 1250. The van der Waals surface area contributed by atoms with Crippen LogP contribution in [0.15, 0.2) is 24.4 Å². The van der Waals surface area contributed by atoms with Gasteiger partial charge in [-0.3, -0.25) is 0 Å². The summed E-state index contributed by atoms with van der Waals surface area (Å²) < 4.78 is 22.3. The number of benzene rings is 1. The summed E-state index contributed by atoms with van der Waals surface area (Å²) in [4.78, 5) is 22.6. The molecule has 0 spiro atoms. The minimum atomic E-state index is -1.82. The summed E-state index contributed by atoms with van der Waals surface area (Å²) in [5, 5.41) is 30.8. The molecule has 11 heteroatoms. The van der Waals surface area contributed by atoms with Crippen LogP contribution in [0.2, 0.25) is 0 Å². The van der Waals surface area contributed by atoms with Gasteiger partial charge >= 0.3 is 11.9 Å². The van der Waals surface area contributed by atoms with Gasteiger partial charge in [0.05, 0.1) is 45.3 Å². The molecule has 0 saturated heterocycles. The van der Waals surface area contributed by atoms with Crippen LogP contribution in [0.3, 0.4) is 0 Å². The molecule has 0 bridgehead atoms. The van der Waals surface area contributed by atoms with Crippen molar-refractivity contribution in [3.63, 3.8) is 0 Å². The Balaban J connectivity index is 0.000000538. The molecular formula is C25H30N2O9. The SMILES string of the molecule is CCOc1cc2c(cc1OC)=C(c1cnc(OC)cc1OC)N[C@@H]1CC[C@@H](O)CC=21.O=C(O)C(=O)O. The molecule has 2 atom stereocenters. The van der Waals surface area contributed by atoms with E-state index in [9.17, 15) is 5.11 Å². The lowest BCUT2D eigenvalue weighted by molar-refractivity contribution is -0.159.